The van der Waals surface area contributed by atoms with E-state index in [1.807, 2.05) is 18.2 Å². The highest BCUT2D eigenvalue weighted by Crippen LogP contribution is 2.28. The van der Waals surface area contributed by atoms with E-state index in [0.29, 0.717) is 29.9 Å². The number of benzene rings is 1. The first-order valence-electron chi connectivity index (χ1n) is 6.47. The molecule has 1 atom stereocenters. The normalized spacial score (nSPS) is 12.6. The first-order chi connectivity index (χ1) is 8.56. The zero-order chi connectivity index (χ0) is 13.5. The van der Waals surface area contributed by atoms with Gasteiger partial charge in [-0.15, -0.1) is 0 Å². The number of aliphatic hydroxyl groups is 1. The summed E-state index contributed by atoms with van der Waals surface area (Å²) < 4.78 is 11.0. The Balaban J connectivity index is 2.64. The van der Waals surface area contributed by atoms with Crippen LogP contribution in [0.1, 0.15) is 32.8 Å². The van der Waals surface area contributed by atoms with Crippen molar-refractivity contribution in [3.8, 4) is 11.5 Å². The monoisotopic (exact) mass is 252 g/mol. The minimum Gasteiger partial charge on any atom is -0.493 e. The molecule has 102 valence electrons. The quantitative estimate of drug-likeness (QED) is 0.809. The van der Waals surface area contributed by atoms with Crippen LogP contribution < -0.4 is 9.47 Å². The molecule has 1 aromatic rings. The number of aliphatic hydroxyl groups excluding tert-OH is 1. The van der Waals surface area contributed by atoms with E-state index in [0.717, 1.165) is 12.0 Å². The van der Waals surface area contributed by atoms with Gasteiger partial charge in [-0.3, -0.25) is 0 Å². The minimum absolute atomic E-state index is 0.0158. The Morgan fingerprint density at radius 1 is 1.17 bits per heavy atom. The molecule has 0 amide bonds. The van der Waals surface area contributed by atoms with E-state index in [-0.39, 0.29) is 6.61 Å². The van der Waals surface area contributed by atoms with Gasteiger partial charge in [-0.2, -0.15) is 0 Å². The van der Waals surface area contributed by atoms with E-state index >= 15 is 0 Å². The van der Waals surface area contributed by atoms with Crippen molar-refractivity contribution >= 4 is 0 Å². The lowest BCUT2D eigenvalue weighted by Gasteiger charge is -2.17. The van der Waals surface area contributed by atoms with E-state index in [9.17, 15) is 0 Å². The smallest absolute Gasteiger partial charge is 0.161 e. The van der Waals surface area contributed by atoms with Gasteiger partial charge in [0.2, 0.25) is 0 Å². The largest absolute Gasteiger partial charge is 0.493 e. The summed E-state index contributed by atoms with van der Waals surface area (Å²) in [5, 5.41) is 9.13. The highest BCUT2D eigenvalue weighted by Gasteiger charge is 2.09. The molecule has 0 spiro atoms. The lowest BCUT2D eigenvalue weighted by molar-refractivity contribution is 0.228. The van der Waals surface area contributed by atoms with Crippen LogP contribution >= 0.6 is 0 Å². The van der Waals surface area contributed by atoms with E-state index in [2.05, 4.69) is 20.8 Å². The van der Waals surface area contributed by atoms with Crippen LogP contribution in [0.5, 0.6) is 11.5 Å². The molecule has 3 heteroatoms. The van der Waals surface area contributed by atoms with Crippen molar-refractivity contribution in [2.24, 2.45) is 11.8 Å². The van der Waals surface area contributed by atoms with Gasteiger partial charge in [-0.1, -0.05) is 26.8 Å². The Bertz CT molecular complexity index is 361. The Hall–Kier alpha value is -1.22. The maximum Gasteiger partial charge on any atom is 0.161 e. The van der Waals surface area contributed by atoms with Crippen molar-refractivity contribution in [1.29, 1.82) is 0 Å². The summed E-state index contributed by atoms with van der Waals surface area (Å²) in [7, 11) is 1.62. The van der Waals surface area contributed by atoms with Gasteiger partial charge < -0.3 is 14.6 Å². The molecule has 0 aliphatic carbocycles. The highest BCUT2D eigenvalue weighted by molar-refractivity contribution is 5.42. The van der Waals surface area contributed by atoms with Crippen LogP contribution in [-0.2, 0) is 6.61 Å². The van der Waals surface area contributed by atoms with Gasteiger partial charge in [0.05, 0.1) is 20.3 Å². The number of rotatable bonds is 7. The topological polar surface area (TPSA) is 38.7 Å². The van der Waals surface area contributed by atoms with Crippen LogP contribution in [-0.4, -0.2) is 18.8 Å². The van der Waals surface area contributed by atoms with E-state index < -0.39 is 0 Å². The third-order valence-electron chi connectivity index (χ3n) is 2.81. The lowest BCUT2D eigenvalue weighted by Crippen LogP contribution is -2.11. The van der Waals surface area contributed by atoms with Gasteiger partial charge in [0, 0.05) is 0 Å². The van der Waals surface area contributed by atoms with Gasteiger partial charge in [0.15, 0.2) is 11.5 Å². The fourth-order valence-electron chi connectivity index (χ4n) is 2.04. The Labute approximate surface area is 110 Å². The maximum atomic E-state index is 9.13. The molecule has 1 rings (SSSR count). The highest BCUT2D eigenvalue weighted by atomic mass is 16.5. The molecule has 0 aliphatic rings. The summed E-state index contributed by atoms with van der Waals surface area (Å²) >= 11 is 0. The summed E-state index contributed by atoms with van der Waals surface area (Å²) in [4.78, 5) is 0. The van der Waals surface area contributed by atoms with Crippen molar-refractivity contribution < 1.29 is 14.6 Å². The second kappa shape index (κ2) is 7.27. The number of ether oxygens (including phenoxy) is 2. The zero-order valence-corrected chi connectivity index (χ0v) is 11.8. The second-order valence-electron chi connectivity index (χ2n) is 5.19. The maximum absolute atomic E-state index is 9.13. The molecule has 0 aromatic heterocycles. The predicted octanol–water partition coefficient (Wildman–Crippen LogP) is 3.25. The number of hydrogen-bond acceptors (Lipinski definition) is 3. The Morgan fingerprint density at radius 3 is 2.44 bits per heavy atom. The van der Waals surface area contributed by atoms with Crippen LogP contribution in [0.4, 0.5) is 0 Å². The molecule has 0 saturated heterocycles. The van der Waals surface area contributed by atoms with Crippen molar-refractivity contribution in [1.82, 2.24) is 0 Å². The van der Waals surface area contributed by atoms with Crippen LogP contribution in [0.2, 0.25) is 0 Å². The van der Waals surface area contributed by atoms with Crippen LogP contribution in [0, 0.1) is 11.8 Å². The molecule has 18 heavy (non-hydrogen) atoms. The molecule has 1 unspecified atom stereocenters. The van der Waals surface area contributed by atoms with Gasteiger partial charge >= 0.3 is 0 Å². The van der Waals surface area contributed by atoms with E-state index in [1.54, 1.807) is 7.11 Å². The molecule has 0 fully saturated rings. The van der Waals surface area contributed by atoms with Crippen molar-refractivity contribution in [2.45, 2.75) is 33.8 Å². The third-order valence-corrected chi connectivity index (χ3v) is 2.81. The third kappa shape index (κ3) is 4.57. The van der Waals surface area contributed by atoms with E-state index in [1.165, 1.54) is 0 Å². The van der Waals surface area contributed by atoms with E-state index in [4.69, 9.17) is 14.6 Å². The van der Waals surface area contributed by atoms with Crippen molar-refractivity contribution in [2.75, 3.05) is 13.7 Å². The molecule has 0 aliphatic heterocycles. The van der Waals surface area contributed by atoms with Crippen LogP contribution in [0.25, 0.3) is 0 Å². The molecule has 0 heterocycles. The Kier molecular flexibility index (Phi) is 5.99. The van der Waals surface area contributed by atoms with Crippen LogP contribution in [0.3, 0.4) is 0 Å². The van der Waals surface area contributed by atoms with Gasteiger partial charge in [-0.25, -0.2) is 0 Å². The van der Waals surface area contributed by atoms with Gasteiger partial charge in [0.25, 0.3) is 0 Å². The average Bonchev–Trinajstić information content (AvgIpc) is 2.35. The molecular formula is C15H24O3. The molecule has 1 aromatic carbocycles. The molecule has 0 bridgehead atoms. The lowest BCUT2D eigenvalue weighted by atomic mass is 10.00. The zero-order valence-electron chi connectivity index (χ0n) is 11.8. The molecule has 1 N–H and O–H groups in total. The molecular weight excluding hydrogens is 228 g/mol. The summed E-state index contributed by atoms with van der Waals surface area (Å²) in [5.74, 6) is 2.60. The van der Waals surface area contributed by atoms with Crippen LogP contribution in [0.15, 0.2) is 18.2 Å². The minimum atomic E-state index is 0.0158. The SMILES string of the molecule is COc1ccc(CO)cc1OCC(C)CC(C)C. The van der Waals surface area contributed by atoms with Gasteiger partial charge in [0.1, 0.15) is 0 Å². The average molecular weight is 252 g/mol. The fraction of sp³-hybridized carbons (Fsp3) is 0.600. The van der Waals surface area contributed by atoms with Crippen molar-refractivity contribution in [3.05, 3.63) is 23.8 Å². The second-order valence-corrected chi connectivity index (χ2v) is 5.19. The van der Waals surface area contributed by atoms with Crippen molar-refractivity contribution in [3.63, 3.8) is 0 Å². The molecule has 0 saturated carbocycles. The molecule has 3 nitrogen and oxygen atoms in total. The first-order valence-corrected chi connectivity index (χ1v) is 6.47. The molecule has 0 radical (unpaired) electrons. The fourth-order valence-corrected chi connectivity index (χ4v) is 2.04. The number of methoxy groups -OCH3 is 1. The van der Waals surface area contributed by atoms with Gasteiger partial charge in [-0.05, 0) is 36.0 Å². The standard InChI is InChI=1S/C15H24O3/c1-11(2)7-12(3)10-18-15-8-13(9-16)5-6-14(15)17-4/h5-6,8,11-12,16H,7,9-10H2,1-4H3. The summed E-state index contributed by atoms with van der Waals surface area (Å²) in [6.45, 7) is 7.29. The Morgan fingerprint density at radius 2 is 1.89 bits per heavy atom. The number of hydrogen-bond donors (Lipinski definition) is 1. The summed E-state index contributed by atoms with van der Waals surface area (Å²) in [6.07, 6.45) is 1.14. The summed E-state index contributed by atoms with van der Waals surface area (Å²) in [5.41, 5.74) is 0.835. The summed E-state index contributed by atoms with van der Waals surface area (Å²) in [6, 6.07) is 5.50. The predicted molar refractivity (Wildman–Crippen MR) is 73.0 cm³/mol. The first kappa shape index (κ1) is 14.8.